The lowest BCUT2D eigenvalue weighted by Crippen LogP contribution is -2.30. The number of ether oxygens (including phenoxy) is 3. The van der Waals surface area contributed by atoms with Crippen LogP contribution in [0.15, 0.2) is 60.8 Å². The maximum Gasteiger partial charge on any atom is 0.306 e. The van der Waals surface area contributed by atoms with Crippen molar-refractivity contribution in [2.24, 2.45) is 0 Å². The van der Waals surface area contributed by atoms with E-state index in [1.54, 1.807) is 0 Å². The minimum Gasteiger partial charge on any atom is -0.462 e. The molecule has 70 heavy (non-hydrogen) atoms. The number of hydrogen-bond acceptors (Lipinski definition) is 6. The second-order valence-corrected chi connectivity index (χ2v) is 20.2. The Balaban J connectivity index is 3.98. The fourth-order valence-electron chi connectivity index (χ4n) is 8.72. The monoisotopic (exact) mass is 979 g/mol. The molecule has 0 rings (SSSR count). The third-order valence-electron chi connectivity index (χ3n) is 13.3. The SMILES string of the molecule is CC/C=C\C/C=C\C/C=C\CCCCCCCC(=O)OC(COC(=O)CCCCCCCC)COC(=O)CCCCCCCCCCCCCCCCCCCCC/C=C\C/C=C\CCCCCCC. The molecule has 0 N–H and O–H groups in total. The van der Waals surface area contributed by atoms with Crippen molar-refractivity contribution in [3.8, 4) is 0 Å². The Morgan fingerprint density at radius 2 is 0.557 bits per heavy atom. The normalized spacial score (nSPS) is 12.4. The number of rotatable bonds is 55. The van der Waals surface area contributed by atoms with Crippen molar-refractivity contribution in [1.82, 2.24) is 0 Å². The fraction of sp³-hybridized carbons (Fsp3) is 0.797. The van der Waals surface area contributed by atoms with Gasteiger partial charge in [-0.1, -0.05) is 268 Å². The van der Waals surface area contributed by atoms with Crippen LogP contribution in [0.25, 0.3) is 0 Å². The second-order valence-electron chi connectivity index (χ2n) is 20.2. The highest BCUT2D eigenvalue weighted by molar-refractivity contribution is 5.71. The van der Waals surface area contributed by atoms with Gasteiger partial charge in [0.15, 0.2) is 6.10 Å². The first-order chi connectivity index (χ1) is 34.5. The Hall–Kier alpha value is -2.89. The van der Waals surface area contributed by atoms with Crippen LogP contribution in [-0.2, 0) is 28.6 Å². The zero-order valence-electron chi connectivity index (χ0n) is 46.5. The zero-order chi connectivity index (χ0) is 50.7. The van der Waals surface area contributed by atoms with Gasteiger partial charge in [0.25, 0.3) is 0 Å². The van der Waals surface area contributed by atoms with Gasteiger partial charge < -0.3 is 14.2 Å². The van der Waals surface area contributed by atoms with Gasteiger partial charge in [-0.05, 0) is 83.5 Å². The van der Waals surface area contributed by atoms with Crippen molar-refractivity contribution >= 4 is 17.9 Å². The summed E-state index contributed by atoms with van der Waals surface area (Å²) in [5, 5.41) is 0. The summed E-state index contributed by atoms with van der Waals surface area (Å²) >= 11 is 0. The van der Waals surface area contributed by atoms with Crippen LogP contribution < -0.4 is 0 Å². The maximum absolute atomic E-state index is 12.8. The van der Waals surface area contributed by atoms with Gasteiger partial charge in [-0.3, -0.25) is 14.4 Å². The lowest BCUT2D eigenvalue weighted by Gasteiger charge is -2.18. The van der Waals surface area contributed by atoms with E-state index in [2.05, 4.69) is 81.5 Å². The van der Waals surface area contributed by atoms with Gasteiger partial charge in [0, 0.05) is 19.3 Å². The van der Waals surface area contributed by atoms with Gasteiger partial charge in [-0.15, -0.1) is 0 Å². The van der Waals surface area contributed by atoms with E-state index < -0.39 is 6.10 Å². The van der Waals surface area contributed by atoms with E-state index in [0.29, 0.717) is 19.3 Å². The molecule has 1 atom stereocenters. The molecule has 0 aromatic rings. The molecule has 0 spiro atoms. The average Bonchev–Trinajstić information content (AvgIpc) is 3.36. The number of allylic oxidation sites excluding steroid dienone is 10. The van der Waals surface area contributed by atoms with E-state index in [1.807, 2.05) is 0 Å². The summed E-state index contributed by atoms with van der Waals surface area (Å²) in [4.78, 5) is 37.9. The van der Waals surface area contributed by atoms with Gasteiger partial charge in [-0.25, -0.2) is 0 Å². The number of carbonyl (C=O) groups excluding carboxylic acids is 3. The summed E-state index contributed by atoms with van der Waals surface area (Å²) < 4.78 is 16.7. The van der Waals surface area contributed by atoms with E-state index in [0.717, 1.165) is 103 Å². The van der Waals surface area contributed by atoms with Crippen LogP contribution in [0.3, 0.4) is 0 Å². The van der Waals surface area contributed by atoms with E-state index in [4.69, 9.17) is 14.2 Å². The molecule has 0 amide bonds. The number of esters is 3. The van der Waals surface area contributed by atoms with E-state index >= 15 is 0 Å². The van der Waals surface area contributed by atoms with Crippen LogP contribution >= 0.6 is 0 Å². The standard InChI is InChI=1S/C64H114O6/c1-4-7-10-13-16-18-20-22-24-25-26-27-28-29-30-31-32-33-34-35-36-37-38-39-41-42-44-46-48-51-54-57-63(66)69-60-61(59-68-62(65)56-53-50-15-12-9-6-3)70-64(67)58-55-52-49-47-45-43-40-23-21-19-17-14-11-8-5-2/h8,11,17,19-20,22-23,25-26,40,61H,4-7,9-10,12-16,18,21,24,27-39,41-60H2,1-3H3/b11-8-,19-17-,22-20-,26-25-,40-23-. The second kappa shape index (κ2) is 58.7. The predicted octanol–water partition coefficient (Wildman–Crippen LogP) is 20.4. The zero-order valence-corrected chi connectivity index (χ0v) is 46.5. The average molecular weight is 980 g/mol. The van der Waals surface area contributed by atoms with E-state index in [1.165, 1.54) is 167 Å². The fourth-order valence-corrected chi connectivity index (χ4v) is 8.72. The lowest BCUT2D eigenvalue weighted by atomic mass is 10.0. The Morgan fingerprint density at radius 1 is 0.300 bits per heavy atom. The van der Waals surface area contributed by atoms with Crippen molar-refractivity contribution in [1.29, 1.82) is 0 Å². The first-order valence-corrected chi connectivity index (χ1v) is 30.3. The van der Waals surface area contributed by atoms with E-state index in [9.17, 15) is 14.4 Å². The van der Waals surface area contributed by atoms with Crippen molar-refractivity contribution in [3.05, 3.63) is 60.8 Å². The minimum atomic E-state index is -0.778. The first kappa shape index (κ1) is 67.1. The largest absolute Gasteiger partial charge is 0.462 e. The Kier molecular flexibility index (Phi) is 56.3. The maximum atomic E-state index is 12.8. The molecule has 0 saturated heterocycles. The van der Waals surface area contributed by atoms with Crippen LogP contribution in [0.1, 0.15) is 310 Å². The summed E-state index contributed by atoms with van der Waals surface area (Å²) in [5.74, 6) is -0.895. The number of unbranched alkanes of at least 4 members (excludes halogenated alkanes) is 34. The summed E-state index contributed by atoms with van der Waals surface area (Å²) in [6, 6.07) is 0. The molecule has 0 bridgehead atoms. The molecular formula is C64H114O6. The van der Waals surface area contributed by atoms with Crippen molar-refractivity contribution < 1.29 is 28.6 Å². The molecule has 0 heterocycles. The predicted molar refractivity (Wildman–Crippen MR) is 302 cm³/mol. The van der Waals surface area contributed by atoms with Gasteiger partial charge in [-0.2, -0.15) is 0 Å². The summed E-state index contributed by atoms with van der Waals surface area (Å²) in [5.41, 5.74) is 0. The smallest absolute Gasteiger partial charge is 0.306 e. The van der Waals surface area contributed by atoms with E-state index in [-0.39, 0.29) is 31.1 Å². The van der Waals surface area contributed by atoms with Crippen molar-refractivity contribution in [2.75, 3.05) is 13.2 Å². The number of carbonyl (C=O) groups is 3. The summed E-state index contributed by atoms with van der Waals surface area (Å²) in [6.45, 7) is 6.47. The molecule has 0 aromatic carbocycles. The first-order valence-electron chi connectivity index (χ1n) is 30.3. The van der Waals surface area contributed by atoms with Crippen LogP contribution in [0.2, 0.25) is 0 Å². The summed E-state index contributed by atoms with van der Waals surface area (Å²) in [7, 11) is 0. The molecule has 6 heteroatoms. The molecule has 0 aliphatic heterocycles. The highest BCUT2D eigenvalue weighted by atomic mass is 16.6. The molecule has 0 aromatic heterocycles. The summed E-state index contributed by atoms with van der Waals surface area (Å²) in [6.07, 6.45) is 74.2. The molecule has 0 saturated carbocycles. The molecular weight excluding hydrogens is 865 g/mol. The van der Waals surface area contributed by atoms with Crippen LogP contribution in [0.4, 0.5) is 0 Å². The Bertz CT molecular complexity index is 1260. The third kappa shape index (κ3) is 56.0. The highest BCUT2D eigenvalue weighted by Gasteiger charge is 2.19. The molecule has 1 unspecified atom stereocenters. The molecule has 6 nitrogen and oxygen atoms in total. The molecule has 0 fully saturated rings. The molecule has 0 radical (unpaired) electrons. The van der Waals surface area contributed by atoms with Crippen LogP contribution in [-0.4, -0.2) is 37.2 Å². The van der Waals surface area contributed by atoms with Crippen LogP contribution in [0.5, 0.6) is 0 Å². The quantitative estimate of drug-likeness (QED) is 0.0261. The van der Waals surface area contributed by atoms with Crippen molar-refractivity contribution in [3.63, 3.8) is 0 Å². The number of hydrogen-bond donors (Lipinski definition) is 0. The van der Waals surface area contributed by atoms with Gasteiger partial charge in [0.05, 0.1) is 0 Å². The van der Waals surface area contributed by atoms with Gasteiger partial charge in [0.1, 0.15) is 13.2 Å². The van der Waals surface area contributed by atoms with Crippen LogP contribution in [0, 0.1) is 0 Å². The van der Waals surface area contributed by atoms with Crippen molar-refractivity contribution in [2.45, 2.75) is 316 Å². The molecule has 406 valence electrons. The molecule has 0 aliphatic carbocycles. The Morgan fingerprint density at radius 3 is 0.871 bits per heavy atom. The highest BCUT2D eigenvalue weighted by Crippen LogP contribution is 2.17. The minimum absolute atomic E-state index is 0.0785. The van der Waals surface area contributed by atoms with Gasteiger partial charge in [0.2, 0.25) is 0 Å². The third-order valence-corrected chi connectivity index (χ3v) is 13.3. The Labute approximate surface area is 434 Å². The topological polar surface area (TPSA) is 78.9 Å². The molecule has 0 aliphatic rings. The lowest BCUT2D eigenvalue weighted by molar-refractivity contribution is -0.167. The van der Waals surface area contributed by atoms with Gasteiger partial charge >= 0.3 is 17.9 Å².